The zero-order chi connectivity index (χ0) is 22.1. The maximum absolute atomic E-state index is 12.9. The highest BCUT2D eigenvalue weighted by atomic mass is 19.4. The van der Waals surface area contributed by atoms with Gasteiger partial charge in [0.05, 0.1) is 12.1 Å². The summed E-state index contributed by atoms with van der Waals surface area (Å²) in [5, 5.41) is 19.8. The van der Waals surface area contributed by atoms with Crippen LogP contribution in [0.4, 0.5) is 19.0 Å². The smallest absolute Gasteiger partial charge is 0.416 e. The largest absolute Gasteiger partial charge is 0.480 e. The number of alkyl halides is 3. The molecular formula is C19H18F3N5O3. The average Bonchev–Trinajstić information content (AvgIpc) is 3.27. The molecule has 3 aromatic rings. The molecule has 0 aliphatic rings. The van der Waals surface area contributed by atoms with E-state index in [1.165, 1.54) is 29.9 Å². The van der Waals surface area contributed by atoms with Crippen molar-refractivity contribution in [3.63, 3.8) is 0 Å². The number of aliphatic carboxylic acids is 1. The first kappa shape index (κ1) is 21.1. The maximum atomic E-state index is 12.9. The lowest BCUT2D eigenvalue weighted by Crippen LogP contribution is -2.24. The van der Waals surface area contributed by atoms with Gasteiger partial charge < -0.3 is 10.4 Å². The van der Waals surface area contributed by atoms with Crippen molar-refractivity contribution >= 4 is 17.7 Å². The number of carbonyl (C=O) groups is 2. The number of carboxylic acids is 1. The lowest BCUT2D eigenvalue weighted by Gasteiger charge is -2.11. The van der Waals surface area contributed by atoms with E-state index in [1.54, 1.807) is 19.1 Å². The molecule has 0 aliphatic carbocycles. The molecular weight excluding hydrogens is 403 g/mol. The number of hydrogen-bond donors (Lipinski definition) is 2. The summed E-state index contributed by atoms with van der Waals surface area (Å²) in [4.78, 5) is 23.7. The van der Waals surface area contributed by atoms with Gasteiger partial charge in [-0.1, -0.05) is 12.1 Å². The van der Waals surface area contributed by atoms with Gasteiger partial charge in [0.1, 0.15) is 11.7 Å². The second-order valence-electron chi connectivity index (χ2n) is 6.66. The van der Waals surface area contributed by atoms with Crippen molar-refractivity contribution in [2.75, 3.05) is 5.32 Å². The topological polar surface area (TPSA) is 102 Å². The highest BCUT2D eigenvalue weighted by Gasteiger charge is 2.30. The van der Waals surface area contributed by atoms with Gasteiger partial charge in [0.2, 0.25) is 0 Å². The highest BCUT2D eigenvalue weighted by molar-refractivity contribution is 6.02. The number of halogens is 3. The molecule has 0 spiro atoms. The van der Waals surface area contributed by atoms with Gasteiger partial charge in [-0.15, -0.1) is 0 Å². The minimum Gasteiger partial charge on any atom is -0.480 e. The van der Waals surface area contributed by atoms with Gasteiger partial charge in [0, 0.05) is 18.0 Å². The summed E-state index contributed by atoms with van der Waals surface area (Å²) in [7, 11) is 0. The number of aryl methyl sites for hydroxylation is 1. The molecule has 0 aliphatic heterocycles. The van der Waals surface area contributed by atoms with Crippen LogP contribution in [0, 0.1) is 6.92 Å². The zero-order valence-electron chi connectivity index (χ0n) is 16.0. The Labute approximate surface area is 168 Å². The Balaban J connectivity index is 1.77. The Hall–Kier alpha value is -3.63. The van der Waals surface area contributed by atoms with E-state index >= 15 is 0 Å². The third kappa shape index (κ3) is 4.50. The van der Waals surface area contributed by atoms with Crippen molar-refractivity contribution < 1.29 is 27.9 Å². The quantitative estimate of drug-likeness (QED) is 0.636. The predicted molar refractivity (Wildman–Crippen MR) is 100 cm³/mol. The van der Waals surface area contributed by atoms with Gasteiger partial charge in [-0.2, -0.15) is 23.4 Å². The van der Waals surface area contributed by atoms with E-state index in [0.29, 0.717) is 11.3 Å². The summed E-state index contributed by atoms with van der Waals surface area (Å²) in [5.74, 6) is -1.57. The normalized spacial score (nSPS) is 12.6. The predicted octanol–water partition coefficient (Wildman–Crippen LogP) is 3.35. The third-order valence-corrected chi connectivity index (χ3v) is 4.44. The van der Waals surface area contributed by atoms with Crippen LogP contribution in [0.5, 0.6) is 0 Å². The summed E-state index contributed by atoms with van der Waals surface area (Å²) in [6, 6.07) is 6.82. The molecule has 3 rings (SSSR count). The van der Waals surface area contributed by atoms with Gasteiger partial charge in [0.25, 0.3) is 5.91 Å². The molecule has 2 heterocycles. The number of nitrogens with zero attached hydrogens (tertiary/aromatic N) is 4. The van der Waals surface area contributed by atoms with Crippen LogP contribution in [0.25, 0.3) is 0 Å². The van der Waals surface area contributed by atoms with Crippen LogP contribution in [-0.4, -0.2) is 36.5 Å². The lowest BCUT2D eigenvalue weighted by atomic mass is 10.1. The Kier molecular flexibility index (Phi) is 5.63. The fourth-order valence-electron chi connectivity index (χ4n) is 2.84. The lowest BCUT2D eigenvalue weighted by molar-refractivity contribution is -0.140. The molecule has 8 nitrogen and oxygen atoms in total. The van der Waals surface area contributed by atoms with E-state index in [-0.39, 0.29) is 18.1 Å². The second kappa shape index (κ2) is 8.01. The number of anilines is 1. The number of hydrogen-bond acceptors (Lipinski definition) is 4. The van der Waals surface area contributed by atoms with Crippen LogP contribution < -0.4 is 5.32 Å². The summed E-state index contributed by atoms with van der Waals surface area (Å²) < 4.78 is 41.2. The van der Waals surface area contributed by atoms with Crippen LogP contribution in [0.3, 0.4) is 0 Å². The number of aromatic nitrogens is 4. The highest BCUT2D eigenvalue weighted by Crippen LogP contribution is 2.29. The maximum Gasteiger partial charge on any atom is 0.416 e. The summed E-state index contributed by atoms with van der Waals surface area (Å²) in [6.45, 7) is 3.17. The molecule has 30 heavy (non-hydrogen) atoms. The van der Waals surface area contributed by atoms with E-state index in [4.69, 9.17) is 5.11 Å². The molecule has 1 aromatic carbocycles. The van der Waals surface area contributed by atoms with Crippen LogP contribution in [-0.2, 0) is 17.5 Å². The minimum absolute atomic E-state index is 0.0370. The van der Waals surface area contributed by atoms with Crippen molar-refractivity contribution in [2.45, 2.75) is 32.6 Å². The Morgan fingerprint density at radius 3 is 2.63 bits per heavy atom. The van der Waals surface area contributed by atoms with Crippen molar-refractivity contribution in [3.05, 3.63) is 65.1 Å². The number of nitrogens with one attached hydrogen (secondary N) is 1. The van der Waals surface area contributed by atoms with Crippen molar-refractivity contribution in [1.82, 2.24) is 19.6 Å². The first-order valence-corrected chi connectivity index (χ1v) is 8.84. The van der Waals surface area contributed by atoms with E-state index in [1.807, 2.05) is 0 Å². The van der Waals surface area contributed by atoms with Crippen molar-refractivity contribution in [2.24, 2.45) is 0 Å². The van der Waals surface area contributed by atoms with Crippen LogP contribution in [0.15, 0.2) is 42.6 Å². The molecule has 158 valence electrons. The first-order valence-electron chi connectivity index (χ1n) is 8.84. The third-order valence-electron chi connectivity index (χ3n) is 4.44. The molecule has 2 N–H and O–H groups in total. The number of carboxylic acid groups (broad SMARTS) is 1. The number of carbonyl (C=O) groups excluding carboxylic acids is 1. The molecule has 0 radical (unpaired) electrons. The molecule has 0 fully saturated rings. The molecule has 1 unspecified atom stereocenters. The van der Waals surface area contributed by atoms with Gasteiger partial charge in [-0.3, -0.25) is 9.48 Å². The fourth-order valence-corrected chi connectivity index (χ4v) is 2.84. The second-order valence-corrected chi connectivity index (χ2v) is 6.66. The van der Waals surface area contributed by atoms with Crippen molar-refractivity contribution in [1.29, 1.82) is 0 Å². The van der Waals surface area contributed by atoms with E-state index in [9.17, 15) is 22.8 Å². The number of rotatable bonds is 6. The van der Waals surface area contributed by atoms with Crippen LogP contribution >= 0.6 is 0 Å². The summed E-state index contributed by atoms with van der Waals surface area (Å²) >= 11 is 0. The Morgan fingerprint density at radius 1 is 1.23 bits per heavy atom. The van der Waals surface area contributed by atoms with E-state index in [2.05, 4.69) is 15.5 Å². The number of benzene rings is 1. The zero-order valence-corrected chi connectivity index (χ0v) is 16.0. The minimum atomic E-state index is -4.44. The molecule has 0 bridgehead atoms. The van der Waals surface area contributed by atoms with E-state index in [0.717, 1.165) is 16.8 Å². The van der Waals surface area contributed by atoms with Crippen LogP contribution in [0.1, 0.15) is 40.3 Å². The van der Waals surface area contributed by atoms with Crippen LogP contribution in [0.2, 0.25) is 0 Å². The average molecular weight is 421 g/mol. The SMILES string of the molecule is Cc1cc(NC(=O)c2ccnn2C(C)C(=O)O)nn1Cc1cccc(C(F)(F)F)c1. The Bertz CT molecular complexity index is 1090. The molecule has 0 saturated heterocycles. The van der Waals surface area contributed by atoms with Gasteiger partial charge in [0.15, 0.2) is 5.82 Å². The molecule has 2 aromatic heterocycles. The molecule has 1 amide bonds. The molecule has 1 atom stereocenters. The van der Waals surface area contributed by atoms with Gasteiger partial charge >= 0.3 is 12.1 Å². The number of amides is 1. The van der Waals surface area contributed by atoms with Gasteiger partial charge in [-0.25, -0.2) is 9.48 Å². The standard InChI is InChI=1S/C19H18F3N5O3/c1-11-8-16(24-17(28)15-6-7-23-27(15)12(2)18(29)30)25-26(11)10-13-4-3-5-14(9-13)19(20,21)22/h3-9,12H,10H2,1-2H3,(H,29,30)(H,24,25,28). The molecule has 0 saturated carbocycles. The van der Waals surface area contributed by atoms with Gasteiger partial charge in [-0.05, 0) is 37.6 Å². The van der Waals surface area contributed by atoms with E-state index < -0.39 is 29.7 Å². The first-order chi connectivity index (χ1) is 14.1. The Morgan fingerprint density at radius 2 is 1.97 bits per heavy atom. The molecule has 11 heteroatoms. The van der Waals surface area contributed by atoms with Crippen molar-refractivity contribution in [3.8, 4) is 0 Å². The summed E-state index contributed by atoms with van der Waals surface area (Å²) in [5.41, 5.74) is 0.312. The monoisotopic (exact) mass is 421 g/mol. The summed E-state index contributed by atoms with van der Waals surface area (Å²) in [6.07, 6.45) is -3.13. The fraction of sp³-hybridized carbons (Fsp3) is 0.263.